The average Bonchev–Trinajstić information content (AvgIpc) is 2.93. The number of carbonyl (C=O) groups excluding carboxylic acids is 3. The lowest BCUT2D eigenvalue weighted by Crippen LogP contribution is -2.43. The zero-order valence-electron chi connectivity index (χ0n) is 16.5. The second-order valence-electron chi connectivity index (χ2n) is 7.55. The Balaban J connectivity index is 1.97. The molecule has 28 heavy (non-hydrogen) atoms. The molecule has 6 heteroatoms. The van der Waals surface area contributed by atoms with Crippen molar-refractivity contribution in [1.82, 2.24) is 14.8 Å². The van der Waals surface area contributed by atoms with E-state index < -0.39 is 5.41 Å². The number of nitrogens with zero attached hydrogens (tertiary/aromatic N) is 3. The van der Waals surface area contributed by atoms with Gasteiger partial charge >= 0.3 is 0 Å². The largest absolute Gasteiger partial charge is 0.343 e. The van der Waals surface area contributed by atoms with E-state index in [4.69, 9.17) is 0 Å². The first-order valence-electron chi connectivity index (χ1n) is 9.40. The van der Waals surface area contributed by atoms with Gasteiger partial charge in [-0.15, -0.1) is 0 Å². The number of pyridine rings is 1. The van der Waals surface area contributed by atoms with Crippen LogP contribution in [0.1, 0.15) is 37.8 Å². The number of amides is 3. The topological polar surface area (TPSA) is 70.6 Å². The van der Waals surface area contributed by atoms with Gasteiger partial charge in [-0.3, -0.25) is 24.3 Å². The highest BCUT2D eigenvalue weighted by atomic mass is 16.2. The van der Waals surface area contributed by atoms with E-state index in [0.29, 0.717) is 5.56 Å². The molecule has 1 atom stereocenters. The Morgan fingerprint density at radius 3 is 2.50 bits per heavy atom. The highest BCUT2D eigenvalue weighted by Gasteiger charge is 2.53. The van der Waals surface area contributed by atoms with Crippen LogP contribution in [0, 0.1) is 0 Å². The molecule has 1 fully saturated rings. The molecule has 2 aromatic rings. The van der Waals surface area contributed by atoms with Gasteiger partial charge in [0.2, 0.25) is 17.7 Å². The van der Waals surface area contributed by atoms with Gasteiger partial charge in [-0.05, 0) is 31.0 Å². The zero-order chi connectivity index (χ0) is 20.3. The van der Waals surface area contributed by atoms with Crippen LogP contribution in [0.5, 0.6) is 0 Å². The van der Waals surface area contributed by atoms with Crippen LogP contribution in [0.3, 0.4) is 0 Å². The lowest BCUT2D eigenvalue weighted by molar-refractivity contribution is -0.143. The van der Waals surface area contributed by atoms with Gasteiger partial charge in [-0.1, -0.05) is 36.4 Å². The standard InChI is InChI=1S/C22H25N3O3/c1-16(2)24(3)19(26)12-22(18-9-5-4-6-10-18)13-20(27)25(21(22)28)15-17-8-7-11-23-14-17/h4-11,14,16H,12-13,15H2,1-3H3. The molecular formula is C22H25N3O3. The van der Waals surface area contributed by atoms with Crippen molar-refractivity contribution in [3.63, 3.8) is 0 Å². The molecule has 0 aliphatic carbocycles. The molecule has 0 spiro atoms. The molecule has 1 unspecified atom stereocenters. The summed E-state index contributed by atoms with van der Waals surface area (Å²) >= 11 is 0. The van der Waals surface area contributed by atoms with E-state index in [1.165, 1.54) is 4.90 Å². The smallest absolute Gasteiger partial charge is 0.241 e. The fourth-order valence-electron chi connectivity index (χ4n) is 3.53. The highest BCUT2D eigenvalue weighted by molar-refractivity contribution is 6.10. The summed E-state index contributed by atoms with van der Waals surface area (Å²) in [4.78, 5) is 46.1. The maximum Gasteiger partial charge on any atom is 0.241 e. The molecule has 0 bridgehead atoms. The summed E-state index contributed by atoms with van der Waals surface area (Å²) in [5, 5.41) is 0. The first-order chi connectivity index (χ1) is 13.3. The molecule has 1 aromatic carbocycles. The number of benzene rings is 1. The Morgan fingerprint density at radius 2 is 1.89 bits per heavy atom. The quantitative estimate of drug-likeness (QED) is 0.723. The van der Waals surface area contributed by atoms with Crippen LogP contribution in [0.4, 0.5) is 0 Å². The van der Waals surface area contributed by atoms with Gasteiger partial charge in [-0.25, -0.2) is 0 Å². The summed E-state index contributed by atoms with van der Waals surface area (Å²) in [6.07, 6.45) is 3.25. The summed E-state index contributed by atoms with van der Waals surface area (Å²) in [7, 11) is 1.72. The number of rotatable bonds is 6. The van der Waals surface area contributed by atoms with E-state index in [1.54, 1.807) is 30.4 Å². The molecule has 6 nitrogen and oxygen atoms in total. The fourth-order valence-corrected chi connectivity index (χ4v) is 3.53. The number of carbonyl (C=O) groups is 3. The fraction of sp³-hybridized carbons (Fsp3) is 0.364. The van der Waals surface area contributed by atoms with E-state index in [-0.39, 0.29) is 43.1 Å². The number of hydrogen-bond acceptors (Lipinski definition) is 4. The van der Waals surface area contributed by atoms with Crippen molar-refractivity contribution < 1.29 is 14.4 Å². The molecular weight excluding hydrogens is 354 g/mol. The average molecular weight is 379 g/mol. The van der Waals surface area contributed by atoms with Crippen molar-refractivity contribution in [1.29, 1.82) is 0 Å². The normalized spacial score (nSPS) is 19.4. The van der Waals surface area contributed by atoms with Crippen molar-refractivity contribution >= 4 is 17.7 Å². The second-order valence-corrected chi connectivity index (χ2v) is 7.55. The van der Waals surface area contributed by atoms with Crippen LogP contribution in [-0.4, -0.2) is 45.6 Å². The number of aromatic nitrogens is 1. The second kappa shape index (κ2) is 7.92. The van der Waals surface area contributed by atoms with Gasteiger partial charge in [0, 0.05) is 38.3 Å². The van der Waals surface area contributed by atoms with Crippen molar-refractivity contribution in [3.8, 4) is 0 Å². The Hall–Kier alpha value is -3.02. The van der Waals surface area contributed by atoms with E-state index >= 15 is 0 Å². The van der Waals surface area contributed by atoms with Gasteiger partial charge in [-0.2, -0.15) is 0 Å². The maximum absolute atomic E-state index is 13.5. The Labute approximate surface area is 165 Å². The van der Waals surface area contributed by atoms with Gasteiger partial charge in [0.25, 0.3) is 0 Å². The molecule has 1 saturated heterocycles. The summed E-state index contributed by atoms with van der Waals surface area (Å²) in [6.45, 7) is 4.00. The van der Waals surface area contributed by atoms with Gasteiger partial charge < -0.3 is 4.90 Å². The van der Waals surface area contributed by atoms with Crippen LogP contribution in [-0.2, 0) is 26.3 Å². The third-order valence-electron chi connectivity index (χ3n) is 5.42. The van der Waals surface area contributed by atoms with Gasteiger partial charge in [0.1, 0.15) is 0 Å². The Bertz CT molecular complexity index is 867. The number of hydrogen-bond donors (Lipinski definition) is 0. The monoisotopic (exact) mass is 379 g/mol. The minimum atomic E-state index is -1.17. The van der Waals surface area contributed by atoms with Crippen LogP contribution >= 0.6 is 0 Å². The lowest BCUT2D eigenvalue weighted by Gasteiger charge is -2.30. The Kier molecular flexibility index (Phi) is 5.58. The predicted octanol–water partition coefficient (Wildman–Crippen LogP) is 2.54. The van der Waals surface area contributed by atoms with Crippen LogP contribution < -0.4 is 0 Å². The van der Waals surface area contributed by atoms with E-state index in [1.807, 2.05) is 50.2 Å². The molecule has 2 heterocycles. The first kappa shape index (κ1) is 19.7. The van der Waals surface area contributed by atoms with Gasteiger partial charge in [0.05, 0.1) is 12.0 Å². The van der Waals surface area contributed by atoms with Crippen LogP contribution in [0.15, 0.2) is 54.9 Å². The summed E-state index contributed by atoms with van der Waals surface area (Å²) in [6, 6.07) is 12.8. The lowest BCUT2D eigenvalue weighted by atomic mass is 9.75. The highest BCUT2D eigenvalue weighted by Crippen LogP contribution is 2.40. The van der Waals surface area contributed by atoms with Crippen molar-refractivity contribution in [2.75, 3.05) is 7.05 Å². The third kappa shape index (κ3) is 3.67. The molecule has 1 aliphatic heterocycles. The van der Waals surface area contributed by atoms with Crippen molar-refractivity contribution in [3.05, 3.63) is 66.0 Å². The molecule has 0 radical (unpaired) electrons. The molecule has 0 N–H and O–H groups in total. The van der Waals surface area contributed by atoms with Crippen molar-refractivity contribution in [2.45, 2.75) is 44.7 Å². The van der Waals surface area contributed by atoms with E-state index in [2.05, 4.69) is 4.98 Å². The summed E-state index contributed by atoms with van der Waals surface area (Å²) in [5.74, 6) is -0.737. The molecule has 1 aromatic heterocycles. The molecule has 146 valence electrons. The zero-order valence-corrected chi connectivity index (χ0v) is 16.5. The third-order valence-corrected chi connectivity index (χ3v) is 5.42. The maximum atomic E-state index is 13.5. The summed E-state index contributed by atoms with van der Waals surface area (Å²) < 4.78 is 0. The Morgan fingerprint density at radius 1 is 1.18 bits per heavy atom. The summed E-state index contributed by atoms with van der Waals surface area (Å²) in [5.41, 5.74) is 0.312. The molecule has 0 saturated carbocycles. The first-order valence-corrected chi connectivity index (χ1v) is 9.40. The molecule has 3 amide bonds. The van der Waals surface area contributed by atoms with E-state index in [9.17, 15) is 14.4 Å². The SMILES string of the molecule is CC(C)N(C)C(=O)CC1(c2ccccc2)CC(=O)N(Cc2cccnc2)C1=O. The van der Waals surface area contributed by atoms with Crippen LogP contribution in [0.25, 0.3) is 0 Å². The van der Waals surface area contributed by atoms with E-state index in [0.717, 1.165) is 5.56 Å². The van der Waals surface area contributed by atoms with Crippen LogP contribution in [0.2, 0.25) is 0 Å². The minimum Gasteiger partial charge on any atom is -0.343 e. The number of imide groups is 1. The predicted molar refractivity (Wildman–Crippen MR) is 105 cm³/mol. The molecule has 1 aliphatic rings. The minimum absolute atomic E-state index is 0.00617. The van der Waals surface area contributed by atoms with Gasteiger partial charge in [0.15, 0.2) is 0 Å². The number of likely N-dealkylation sites (tertiary alicyclic amines) is 1. The molecule has 3 rings (SSSR count). The van der Waals surface area contributed by atoms with Crippen molar-refractivity contribution in [2.24, 2.45) is 0 Å².